The summed E-state index contributed by atoms with van der Waals surface area (Å²) in [5.74, 6) is 0. The van der Waals surface area contributed by atoms with Crippen molar-refractivity contribution >= 4 is 12.2 Å². The number of rotatable bonds is 4. The molecule has 0 aliphatic carbocycles. The molecule has 0 saturated carbocycles. The molecule has 1 fully saturated rings. The monoisotopic (exact) mass is 301 g/mol. The maximum Gasteiger partial charge on any atom is 0.410 e. The molecule has 7 heteroatoms. The quantitative estimate of drug-likeness (QED) is 0.847. The number of hydrogen-bond acceptors (Lipinski definition) is 5. The minimum Gasteiger partial charge on any atom is -0.450 e. The van der Waals surface area contributed by atoms with Gasteiger partial charge in [-0.05, 0) is 27.7 Å². The predicted molar refractivity (Wildman–Crippen MR) is 79.3 cm³/mol. The summed E-state index contributed by atoms with van der Waals surface area (Å²) in [6, 6.07) is 0. The highest BCUT2D eigenvalue weighted by Gasteiger charge is 2.25. The van der Waals surface area contributed by atoms with Crippen molar-refractivity contribution in [3.05, 3.63) is 0 Å². The normalized spacial score (nSPS) is 16.5. The molecule has 1 rings (SSSR count). The number of alkyl carbamates (subject to hydrolysis) is 1. The summed E-state index contributed by atoms with van der Waals surface area (Å²) < 4.78 is 10.1. The van der Waals surface area contributed by atoms with Gasteiger partial charge in [-0.2, -0.15) is 0 Å². The molecule has 21 heavy (non-hydrogen) atoms. The molecule has 0 unspecified atom stereocenters. The van der Waals surface area contributed by atoms with E-state index in [2.05, 4.69) is 10.2 Å². The van der Waals surface area contributed by atoms with Crippen LogP contribution in [0, 0.1) is 0 Å². The van der Waals surface area contributed by atoms with E-state index < -0.39 is 5.60 Å². The third-order valence-corrected chi connectivity index (χ3v) is 3.00. The molecule has 0 aromatic carbocycles. The van der Waals surface area contributed by atoms with Crippen molar-refractivity contribution in [2.45, 2.75) is 33.3 Å². The van der Waals surface area contributed by atoms with Crippen molar-refractivity contribution < 1.29 is 19.1 Å². The van der Waals surface area contributed by atoms with E-state index in [0.29, 0.717) is 26.2 Å². The molecule has 0 aromatic heterocycles. The number of nitrogens with one attached hydrogen (secondary N) is 1. The van der Waals surface area contributed by atoms with Crippen LogP contribution in [0.15, 0.2) is 0 Å². The van der Waals surface area contributed by atoms with Crippen molar-refractivity contribution in [2.75, 3.05) is 45.9 Å². The zero-order valence-electron chi connectivity index (χ0n) is 13.5. The van der Waals surface area contributed by atoms with Gasteiger partial charge in [-0.1, -0.05) is 0 Å². The first-order valence-corrected chi connectivity index (χ1v) is 7.42. The molecular weight excluding hydrogens is 274 g/mol. The smallest absolute Gasteiger partial charge is 0.410 e. The van der Waals surface area contributed by atoms with Crippen LogP contribution in [0.4, 0.5) is 9.59 Å². The Kier molecular flexibility index (Phi) is 6.74. The number of nitrogens with zero attached hydrogens (tertiary/aromatic N) is 2. The lowest BCUT2D eigenvalue weighted by Gasteiger charge is -2.35. The molecule has 1 N–H and O–H groups in total. The number of carbonyl (C=O) groups is 2. The lowest BCUT2D eigenvalue weighted by atomic mass is 10.2. The Morgan fingerprint density at radius 2 is 1.76 bits per heavy atom. The van der Waals surface area contributed by atoms with Crippen molar-refractivity contribution in [1.29, 1.82) is 0 Å². The summed E-state index contributed by atoms with van der Waals surface area (Å²) >= 11 is 0. The van der Waals surface area contributed by atoms with Gasteiger partial charge in [0.25, 0.3) is 0 Å². The molecule has 1 saturated heterocycles. The van der Waals surface area contributed by atoms with Gasteiger partial charge in [-0.3, -0.25) is 4.90 Å². The Balaban J connectivity index is 2.20. The number of hydrogen-bond donors (Lipinski definition) is 1. The SMILES string of the molecule is CCOC(=O)NCCN1CCN(C(=O)OC(C)(C)C)CC1. The van der Waals surface area contributed by atoms with E-state index >= 15 is 0 Å². The first-order valence-electron chi connectivity index (χ1n) is 7.42. The summed E-state index contributed by atoms with van der Waals surface area (Å²) in [6.07, 6.45) is -0.642. The number of carbonyl (C=O) groups excluding carboxylic acids is 2. The second kappa shape index (κ2) is 8.07. The van der Waals surface area contributed by atoms with Gasteiger partial charge in [0.15, 0.2) is 0 Å². The fourth-order valence-corrected chi connectivity index (χ4v) is 1.98. The summed E-state index contributed by atoms with van der Waals surface area (Å²) in [6.45, 7) is 11.9. The average Bonchev–Trinajstić information content (AvgIpc) is 2.38. The van der Waals surface area contributed by atoms with Crippen LogP contribution in [0.2, 0.25) is 0 Å². The number of amides is 2. The minimum atomic E-state index is -0.461. The lowest BCUT2D eigenvalue weighted by molar-refractivity contribution is 0.0147. The van der Waals surface area contributed by atoms with Crippen LogP contribution in [-0.4, -0.2) is 73.5 Å². The molecule has 0 atom stereocenters. The molecule has 1 aliphatic heterocycles. The van der Waals surface area contributed by atoms with Gasteiger partial charge in [0.2, 0.25) is 0 Å². The van der Waals surface area contributed by atoms with Crippen molar-refractivity contribution in [3.8, 4) is 0 Å². The van der Waals surface area contributed by atoms with Gasteiger partial charge < -0.3 is 19.7 Å². The maximum atomic E-state index is 11.9. The molecule has 7 nitrogen and oxygen atoms in total. The number of ether oxygens (including phenoxy) is 2. The Morgan fingerprint density at radius 1 is 1.14 bits per heavy atom. The van der Waals surface area contributed by atoms with E-state index in [0.717, 1.165) is 19.6 Å². The maximum absolute atomic E-state index is 11.9. The van der Waals surface area contributed by atoms with Crippen LogP contribution in [0.1, 0.15) is 27.7 Å². The summed E-state index contributed by atoms with van der Waals surface area (Å²) in [5, 5.41) is 2.69. The standard InChI is InChI=1S/C14H27N3O4/c1-5-20-12(18)15-6-7-16-8-10-17(11-9-16)13(19)21-14(2,3)4/h5-11H2,1-4H3,(H,15,18). The van der Waals surface area contributed by atoms with Crippen LogP contribution in [0.25, 0.3) is 0 Å². The third-order valence-electron chi connectivity index (χ3n) is 3.00. The molecule has 122 valence electrons. The first-order chi connectivity index (χ1) is 9.81. The minimum absolute atomic E-state index is 0.258. The molecule has 2 amide bonds. The van der Waals surface area contributed by atoms with Gasteiger partial charge in [0.1, 0.15) is 5.60 Å². The van der Waals surface area contributed by atoms with Crippen LogP contribution < -0.4 is 5.32 Å². The van der Waals surface area contributed by atoms with Crippen LogP contribution in [-0.2, 0) is 9.47 Å². The van der Waals surface area contributed by atoms with E-state index in [1.54, 1.807) is 11.8 Å². The lowest BCUT2D eigenvalue weighted by Crippen LogP contribution is -2.51. The molecule has 0 radical (unpaired) electrons. The Bertz CT molecular complexity index is 347. The largest absolute Gasteiger partial charge is 0.450 e. The zero-order chi connectivity index (χ0) is 15.9. The number of piperazine rings is 1. The second-order valence-electron chi connectivity index (χ2n) is 5.96. The molecule has 1 aliphatic rings. The first kappa shape index (κ1) is 17.6. The highest BCUT2D eigenvalue weighted by Crippen LogP contribution is 2.11. The average molecular weight is 301 g/mol. The van der Waals surface area contributed by atoms with Gasteiger partial charge in [-0.25, -0.2) is 9.59 Å². The van der Waals surface area contributed by atoms with Crippen LogP contribution >= 0.6 is 0 Å². The van der Waals surface area contributed by atoms with E-state index in [-0.39, 0.29) is 12.2 Å². The second-order valence-corrected chi connectivity index (χ2v) is 5.96. The highest BCUT2D eigenvalue weighted by atomic mass is 16.6. The molecule has 0 spiro atoms. The van der Waals surface area contributed by atoms with Crippen molar-refractivity contribution in [3.63, 3.8) is 0 Å². The Hall–Kier alpha value is -1.50. The van der Waals surface area contributed by atoms with E-state index in [1.165, 1.54) is 0 Å². The summed E-state index contributed by atoms with van der Waals surface area (Å²) in [7, 11) is 0. The highest BCUT2D eigenvalue weighted by molar-refractivity contribution is 5.68. The van der Waals surface area contributed by atoms with Gasteiger partial charge in [-0.15, -0.1) is 0 Å². The Morgan fingerprint density at radius 3 is 2.29 bits per heavy atom. The summed E-state index contributed by atoms with van der Waals surface area (Å²) in [5.41, 5.74) is -0.461. The van der Waals surface area contributed by atoms with E-state index in [9.17, 15) is 9.59 Å². The topological polar surface area (TPSA) is 71.1 Å². The molecule has 0 aromatic rings. The van der Waals surface area contributed by atoms with Crippen LogP contribution in [0.3, 0.4) is 0 Å². The zero-order valence-corrected chi connectivity index (χ0v) is 13.5. The van der Waals surface area contributed by atoms with Gasteiger partial charge in [0.05, 0.1) is 6.61 Å². The summed E-state index contributed by atoms with van der Waals surface area (Å²) in [4.78, 5) is 27.0. The Labute approximate surface area is 126 Å². The molecule has 1 heterocycles. The van der Waals surface area contributed by atoms with E-state index in [4.69, 9.17) is 9.47 Å². The van der Waals surface area contributed by atoms with Gasteiger partial charge in [0, 0.05) is 39.3 Å². The fraction of sp³-hybridized carbons (Fsp3) is 0.857. The van der Waals surface area contributed by atoms with Gasteiger partial charge >= 0.3 is 12.2 Å². The fourth-order valence-electron chi connectivity index (χ4n) is 1.98. The van der Waals surface area contributed by atoms with E-state index in [1.807, 2.05) is 20.8 Å². The molecule has 0 bridgehead atoms. The van der Waals surface area contributed by atoms with Crippen molar-refractivity contribution in [2.24, 2.45) is 0 Å². The predicted octanol–water partition coefficient (Wildman–Crippen LogP) is 1.29. The van der Waals surface area contributed by atoms with Crippen molar-refractivity contribution in [1.82, 2.24) is 15.1 Å². The molecular formula is C14H27N3O4. The third kappa shape index (κ3) is 7.17. The van der Waals surface area contributed by atoms with Crippen LogP contribution in [0.5, 0.6) is 0 Å².